The molecule has 104 valence electrons. The highest BCUT2D eigenvalue weighted by Gasteiger charge is 2.07. The molecule has 0 aromatic heterocycles. The van der Waals surface area contributed by atoms with Gasteiger partial charge in [-0.2, -0.15) is 0 Å². The standard InChI is InChI=1S/C15H13ClO3S/c16-14-6-2-4-12(8-14)10-20(19)9-11-3-1-5-13(7-11)15(17)18/h1-8H,9-10H2,(H,17,18). The van der Waals surface area contributed by atoms with E-state index in [1.807, 2.05) is 12.1 Å². The summed E-state index contributed by atoms with van der Waals surface area (Å²) in [6.07, 6.45) is 0. The van der Waals surface area contributed by atoms with E-state index < -0.39 is 16.8 Å². The minimum atomic E-state index is -1.10. The molecule has 0 amide bonds. The maximum Gasteiger partial charge on any atom is 0.335 e. The van der Waals surface area contributed by atoms with Crippen LogP contribution >= 0.6 is 11.6 Å². The lowest BCUT2D eigenvalue weighted by Crippen LogP contribution is -2.02. The number of aromatic carboxylic acids is 1. The van der Waals surface area contributed by atoms with Crippen LogP contribution in [0.3, 0.4) is 0 Å². The Bertz CT molecular complexity index is 655. The van der Waals surface area contributed by atoms with Gasteiger partial charge in [-0.1, -0.05) is 35.9 Å². The van der Waals surface area contributed by atoms with Gasteiger partial charge in [0.2, 0.25) is 0 Å². The molecule has 2 rings (SSSR count). The summed E-state index contributed by atoms with van der Waals surface area (Å²) >= 11 is 5.88. The van der Waals surface area contributed by atoms with Crippen molar-refractivity contribution in [3.63, 3.8) is 0 Å². The molecule has 0 fully saturated rings. The molecule has 0 saturated heterocycles. The normalized spacial score (nSPS) is 12.1. The Morgan fingerprint density at radius 3 is 2.25 bits per heavy atom. The number of carboxylic acids is 1. The summed E-state index contributed by atoms with van der Waals surface area (Å²) in [5, 5.41) is 9.54. The third kappa shape index (κ3) is 4.18. The lowest BCUT2D eigenvalue weighted by atomic mass is 10.1. The van der Waals surface area contributed by atoms with E-state index in [1.54, 1.807) is 30.3 Å². The van der Waals surface area contributed by atoms with E-state index in [0.717, 1.165) is 11.1 Å². The van der Waals surface area contributed by atoms with Crippen LogP contribution in [0.25, 0.3) is 0 Å². The molecule has 1 unspecified atom stereocenters. The first-order valence-electron chi connectivity index (χ1n) is 5.96. The predicted octanol–water partition coefficient (Wildman–Crippen LogP) is 3.49. The summed E-state index contributed by atoms with van der Waals surface area (Å²) in [7, 11) is -1.10. The minimum absolute atomic E-state index is 0.210. The van der Waals surface area contributed by atoms with Crippen LogP contribution in [0.15, 0.2) is 48.5 Å². The predicted molar refractivity (Wildman–Crippen MR) is 80.4 cm³/mol. The van der Waals surface area contributed by atoms with Gasteiger partial charge >= 0.3 is 5.97 Å². The Morgan fingerprint density at radius 2 is 1.65 bits per heavy atom. The van der Waals surface area contributed by atoms with Gasteiger partial charge in [0.15, 0.2) is 0 Å². The first-order valence-corrected chi connectivity index (χ1v) is 7.83. The second-order valence-electron chi connectivity index (χ2n) is 4.36. The zero-order valence-corrected chi connectivity index (χ0v) is 12.2. The number of hydrogen-bond donors (Lipinski definition) is 1. The average Bonchev–Trinajstić information content (AvgIpc) is 2.38. The Balaban J connectivity index is 2.04. The highest BCUT2D eigenvalue weighted by Crippen LogP contribution is 2.14. The van der Waals surface area contributed by atoms with Crippen LogP contribution in [0, 0.1) is 0 Å². The van der Waals surface area contributed by atoms with Gasteiger partial charge in [-0.25, -0.2) is 4.79 Å². The van der Waals surface area contributed by atoms with Crippen molar-refractivity contribution in [1.82, 2.24) is 0 Å². The molecule has 2 aromatic carbocycles. The Morgan fingerprint density at radius 1 is 1.05 bits per heavy atom. The number of hydrogen-bond acceptors (Lipinski definition) is 2. The molecule has 0 bridgehead atoms. The summed E-state index contributed by atoms with van der Waals surface area (Å²) in [5.74, 6) is -0.252. The van der Waals surface area contributed by atoms with Crippen molar-refractivity contribution in [1.29, 1.82) is 0 Å². The van der Waals surface area contributed by atoms with E-state index in [9.17, 15) is 9.00 Å². The Kier molecular flexibility index (Phi) is 4.93. The summed E-state index contributed by atoms with van der Waals surface area (Å²) < 4.78 is 12.1. The van der Waals surface area contributed by atoms with E-state index in [-0.39, 0.29) is 5.56 Å². The van der Waals surface area contributed by atoms with Crippen molar-refractivity contribution in [2.24, 2.45) is 0 Å². The van der Waals surface area contributed by atoms with Gasteiger partial charge in [-0.15, -0.1) is 0 Å². The first-order chi connectivity index (χ1) is 9.54. The van der Waals surface area contributed by atoms with Gasteiger partial charge < -0.3 is 5.11 Å². The molecule has 20 heavy (non-hydrogen) atoms. The lowest BCUT2D eigenvalue weighted by Gasteiger charge is -2.04. The van der Waals surface area contributed by atoms with E-state index in [1.165, 1.54) is 6.07 Å². The zero-order chi connectivity index (χ0) is 14.5. The van der Waals surface area contributed by atoms with Crippen molar-refractivity contribution in [2.75, 3.05) is 0 Å². The van der Waals surface area contributed by atoms with Crippen LogP contribution in [0.4, 0.5) is 0 Å². The monoisotopic (exact) mass is 308 g/mol. The average molecular weight is 309 g/mol. The third-order valence-electron chi connectivity index (χ3n) is 2.72. The molecule has 0 heterocycles. The molecule has 0 aliphatic rings. The number of rotatable bonds is 5. The summed E-state index contributed by atoms with van der Waals surface area (Å²) in [6, 6.07) is 13.8. The molecule has 1 N–H and O–H groups in total. The van der Waals surface area contributed by atoms with E-state index in [0.29, 0.717) is 16.5 Å². The van der Waals surface area contributed by atoms with Crippen LogP contribution in [0.2, 0.25) is 5.02 Å². The van der Waals surface area contributed by atoms with Crippen LogP contribution in [0.1, 0.15) is 21.5 Å². The van der Waals surface area contributed by atoms with Crippen molar-refractivity contribution < 1.29 is 14.1 Å². The highest BCUT2D eigenvalue weighted by molar-refractivity contribution is 7.83. The van der Waals surface area contributed by atoms with Crippen LogP contribution < -0.4 is 0 Å². The fraction of sp³-hybridized carbons (Fsp3) is 0.133. The SMILES string of the molecule is O=C(O)c1cccc(CS(=O)Cc2cccc(Cl)c2)c1. The van der Waals surface area contributed by atoms with Crippen LogP contribution in [-0.4, -0.2) is 15.3 Å². The van der Waals surface area contributed by atoms with Gasteiger partial charge in [-0.3, -0.25) is 4.21 Å². The summed E-state index contributed by atoms with van der Waals surface area (Å²) in [4.78, 5) is 10.9. The summed E-state index contributed by atoms with van der Waals surface area (Å²) in [6.45, 7) is 0. The molecule has 0 spiro atoms. The fourth-order valence-corrected chi connectivity index (χ4v) is 3.26. The van der Waals surface area contributed by atoms with Gasteiger partial charge in [0, 0.05) is 27.3 Å². The van der Waals surface area contributed by atoms with Crippen molar-refractivity contribution in [3.8, 4) is 0 Å². The third-order valence-corrected chi connectivity index (χ3v) is 4.26. The number of carboxylic acid groups (broad SMARTS) is 1. The van der Waals surface area contributed by atoms with Gasteiger partial charge in [-0.05, 0) is 35.4 Å². The van der Waals surface area contributed by atoms with Crippen LogP contribution in [0.5, 0.6) is 0 Å². The van der Waals surface area contributed by atoms with Gasteiger partial charge in [0.05, 0.1) is 5.56 Å². The molecule has 0 radical (unpaired) electrons. The zero-order valence-electron chi connectivity index (χ0n) is 10.6. The number of carbonyl (C=O) groups is 1. The molecule has 0 aliphatic carbocycles. The molecule has 3 nitrogen and oxygen atoms in total. The maximum atomic E-state index is 12.1. The number of halogens is 1. The highest BCUT2D eigenvalue weighted by atomic mass is 35.5. The maximum absolute atomic E-state index is 12.1. The molecule has 0 saturated carbocycles. The van der Waals surface area contributed by atoms with Gasteiger partial charge in [0.25, 0.3) is 0 Å². The van der Waals surface area contributed by atoms with Crippen molar-refractivity contribution in [2.45, 2.75) is 11.5 Å². The van der Waals surface area contributed by atoms with Crippen molar-refractivity contribution >= 4 is 28.4 Å². The van der Waals surface area contributed by atoms with Gasteiger partial charge in [0.1, 0.15) is 0 Å². The smallest absolute Gasteiger partial charge is 0.335 e. The summed E-state index contributed by atoms with van der Waals surface area (Å²) in [5.41, 5.74) is 1.87. The topological polar surface area (TPSA) is 54.4 Å². The number of benzene rings is 2. The van der Waals surface area contributed by atoms with E-state index in [2.05, 4.69) is 0 Å². The first kappa shape index (κ1) is 14.8. The minimum Gasteiger partial charge on any atom is -0.478 e. The van der Waals surface area contributed by atoms with Crippen LogP contribution in [-0.2, 0) is 22.3 Å². The molecule has 1 atom stereocenters. The largest absolute Gasteiger partial charge is 0.478 e. The molecule has 0 aliphatic heterocycles. The van der Waals surface area contributed by atoms with E-state index in [4.69, 9.17) is 16.7 Å². The fourth-order valence-electron chi connectivity index (χ4n) is 1.84. The molecule has 5 heteroatoms. The molecular weight excluding hydrogens is 296 g/mol. The Labute approximate surface area is 124 Å². The lowest BCUT2D eigenvalue weighted by molar-refractivity contribution is 0.0696. The second kappa shape index (κ2) is 6.68. The molecule has 2 aromatic rings. The quantitative estimate of drug-likeness (QED) is 0.920. The molecular formula is C15H13ClO3S. The Hall–Kier alpha value is -1.65. The van der Waals surface area contributed by atoms with E-state index >= 15 is 0 Å². The van der Waals surface area contributed by atoms with Crippen molar-refractivity contribution in [3.05, 3.63) is 70.2 Å². The second-order valence-corrected chi connectivity index (χ2v) is 6.26.